The largest absolute Gasteiger partial charge is 0.406 e. The molecule has 0 N–H and O–H groups in total. The Kier molecular flexibility index (Phi) is 5.61. The molecular formula is C11H9BrClF4NO. The fraction of sp³-hybridized carbons (Fsp3) is 0.364. The van der Waals surface area contributed by atoms with Crippen molar-refractivity contribution >= 4 is 33.4 Å². The number of benzene rings is 1. The lowest BCUT2D eigenvalue weighted by molar-refractivity contribution is -0.140. The van der Waals surface area contributed by atoms with E-state index in [4.69, 9.17) is 11.6 Å². The molecule has 0 radical (unpaired) electrons. The van der Waals surface area contributed by atoms with Crippen LogP contribution in [0.1, 0.15) is 10.4 Å². The van der Waals surface area contributed by atoms with Crippen LogP contribution < -0.4 is 0 Å². The molecular weight excluding hydrogens is 353 g/mol. The lowest BCUT2D eigenvalue weighted by Gasteiger charge is -2.23. The van der Waals surface area contributed by atoms with Crippen molar-refractivity contribution < 1.29 is 22.4 Å². The Labute approximate surface area is 120 Å². The summed E-state index contributed by atoms with van der Waals surface area (Å²) < 4.78 is 50.7. The number of hydrogen-bond donors (Lipinski definition) is 0. The highest BCUT2D eigenvalue weighted by atomic mass is 79.9. The van der Waals surface area contributed by atoms with Crippen molar-refractivity contribution in [1.29, 1.82) is 0 Å². The molecule has 0 unspecified atom stereocenters. The fourth-order valence-corrected chi connectivity index (χ4v) is 2.15. The van der Waals surface area contributed by atoms with Gasteiger partial charge in [0.05, 0.1) is 5.56 Å². The average Bonchev–Trinajstić information content (AvgIpc) is 2.26. The van der Waals surface area contributed by atoms with Crippen LogP contribution in [0.5, 0.6) is 0 Å². The van der Waals surface area contributed by atoms with Gasteiger partial charge in [-0.05, 0) is 28.1 Å². The van der Waals surface area contributed by atoms with Crippen molar-refractivity contribution in [3.8, 4) is 0 Å². The van der Waals surface area contributed by atoms with Gasteiger partial charge < -0.3 is 4.90 Å². The van der Waals surface area contributed by atoms with E-state index in [1.165, 1.54) is 12.1 Å². The molecule has 0 aliphatic heterocycles. The van der Waals surface area contributed by atoms with Gasteiger partial charge >= 0.3 is 6.18 Å². The van der Waals surface area contributed by atoms with Crippen LogP contribution >= 0.6 is 27.5 Å². The summed E-state index contributed by atoms with van der Waals surface area (Å²) in [6.07, 6.45) is -4.57. The first-order valence-corrected chi connectivity index (χ1v) is 6.45. The highest BCUT2D eigenvalue weighted by molar-refractivity contribution is 9.10. The molecule has 1 amide bonds. The van der Waals surface area contributed by atoms with Crippen molar-refractivity contribution in [3.63, 3.8) is 0 Å². The average molecular weight is 363 g/mol. The lowest BCUT2D eigenvalue weighted by Crippen LogP contribution is -2.40. The Morgan fingerprint density at radius 3 is 2.47 bits per heavy atom. The molecule has 106 valence electrons. The Bertz CT molecular complexity index is 446. The van der Waals surface area contributed by atoms with Crippen LogP contribution in [0, 0.1) is 5.82 Å². The van der Waals surface area contributed by atoms with E-state index in [2.05, 4.69) is 15.9 Å². The molecule has 19 heavy (non-hydrogen) atoms. The molecule has 0 atom stereocenters. The monoisotopic (exact) mass is 361 g/mol. The van der Waals surface area contributed by atoms with Gasteiger partial charge in [0, 0.05) is 16.9 Å². The molecule has 0 aliphatic rings. The quantitative estimate of drug-likeness (QED) is 0.589. The first-order chi connectivity index (χ1) is 8.76. The summed E-state index contributed by atoms with van der Waals surface area (Å²) in [6, 6.07) is 3.72. The highest BCUT2D eigenvalue weighted by Crippen LogP contribution is 2.24. The molecule has 0 bridgehead atoms. The minimum atomic E-state index is -4.57. The van der Waals surface area contributed by atoms with Crippen molar-refractivity contribution in [2.75, 3.05) is 19.0 Å². The normalized spacial score (nSPS) is 11.5. The Balaban J connectivity index is 3.06. The summed E-state index contributed by atoms with van der Waals surface area (Å²) in [5.41, 5.74) is -0.433. The molecule has 1 rings (SSSR count). The minimum absolute atomic E-state index is 0.0965. The number of rotatable bonds is 4. The van der Waals surface area contributed by atoms with Crippen LogP contribution in [-0.4, -0.2) is 36.0 Å². The summed E-state index contributed by atoms with van der Waals surface area (Å²) in [4.78, 5) is 12.4. The van der Waals surface area contributed by atoms with Crippen molar-refractivity contribution in [2.45, 2.75) is 6.18 Å². The maximum absolute atomic E-state index is 13.5. The Morgan fingerprint density at radius 2 is 2.00 bits per heavy atom. The van der Waals surface area contributed by atoms with E-state index in [0.29, 0.717) is 4.90 Å². The predicted molar refractivity (Wildman–Crippen MR) is 66.8 cm³/mol. The number of hydrogen-bond acceptors (Lipinski definition) is 1. The van der Waals surface area contributed by atoms with Crippen molar-refractivity contribution in [2.24, 2.45) is 0 Å². The van der Waals surface area contributed by atoms with Crippen LogP contribution in [0.15, 0.2) is 22.7 Å². The standard InChI is InChI=1S/C11H9BrClF4NO/c12-7-2-1-3-8(14)9(7)10(19)18(5-4-13)6-11(15,16)17/h1-3H,4-6H2. The van der Waals surface area contributed by atoms with E-state index >= 15 is 0 Å². The molecule has 0 aliphatic carbocycles. The smallest absolute Gasteiger partial charge is 0.328 e. The molecule has 0 fully saturated rings. The van der Waals surface area contributed by atoms with Gasteiger partial charge in [-0.1, -0.05) is 6.07 Å². The van der Waals surface area contributed by atoms with Gasteiger partial charge in [-0.15, -0.1) is 11.6 Å². The van der Waals surface area contributed by atoms with Crippen molar-refractivity contribution in [1.82, 2.24) is 4.90 Å². The van der Waals surface area contributed by atoms with E-state index in [0.717, 1.165) is 6.07 Å². The molecule has 0 saturated heterocycles. The molecule has 0 heterocycles. The maximum atomic E-state index is 13.5. The second kappa shape index (κ2) is 6.56. The van der Waals surface area contributed by atoms with Crippen LogP contribution in [0.3, 0.4) is 0 Å². The van der Waals surface area contributed by atoms with E-state index in [9.17, 15) is 22.4 Å². The molecule has 0 aromatic heterocycles. The maximum Gasteiger partial charge on any atom is 0.406 e. The first-order valence-electron chi connectivity index (χ1n) is 5.12. The van der Waals surface area contributed by atoms with Crippen LogP contribution in [-0.2, 0) is 0 Å². The van der Waals surface area contributed by atoms with E-state index < -0.39 is 30.0 Å². The second-order valence-corrected chi connectivity index (χ2v) is 4.86. The molecule has 2 nitrogen and oxygen atoms in total. The molecule has 0 saturated carbocycles. The topological polar surface area (TPSA) is 20.3 Å². The highest BCUT2D eigenvalue weighted by Gasteiger charge is 2.34. The SMILES string of the molecule is O=C(c1c(F)cccc1Br)N(CCCl)CC(F)(F)F. The van der Waals surface area contributed by atoms with E-state index in [1.807, 2.05) is 0 Å². The summed E-state index contributed by atoms with van der Waals surface area (Å²) in [6.45, 7) is -1.79. The number of alkyl halides is 4. The zero-order valence-corrected chi connectivity index (χ0v) is 11.8. The first kappa shape index (κ1) is 16.2. The van der Waals surface area contributed by atoms with Crippen LogP contribution in [0.25, 0.3) is 0 Å². The number of amides is 1. The molecule has 0 spiro atoms. The van der Waals surface area contributed by atoms with Gasteiger partial charge in [-0.2, -0.15) is 13.2 Å². The van der Waals surface area contributed by atoms with E-state index in [1.54, 1.807) is 0 Å². The molecule has 1 aromatic carbocycles. The second-order valence-electron chi connectivity index (χ2n) is 3.63. The molecule has 8 heteroatoms. The van der Waals surface area contributed by atoms with Gasteiger partial charge in [0.15, 0.2) is 0 Å². The summed E-state index contributed by atoms with van der Waals surface area (Å²) >= 11 is 8.31. The Hall–Kier alpha value is -0.820. The third-order valence-electron chi connectivity index (χ3n) is 2.19. The summed E-state index contributed by atoms with van der Waals surface area (Å²) in [5, 5.41) is 0. The minimum Gasteiger partial charge on any atom is -0.328 e. The third-order valence-corrected chi connectivity index (χ3v) is 3.02. The van der Waals surface area contributed by atoms with Gasteiger partial charge in [0.25, 0.3) is 5.91 Å². The van der Waals surface area contributed by atoms with Gasteiger partial charge in [-0.25, -0.2) is 4.39 Å². The van der Waals surface area contributed by atoms with Crippen molar-refractivity contribution in [3.05, 3.63) is 34.1 Å². The predicted octanol–water partition coefficient (Wildman–Crippen LogP) is 3.83. The van der Waals surface area contributed by atoms with E-state index in [-0.39, 0.29) is 16.9 Å². The molecule has 1 aromatic rings. The number of halogens is 6. The number of nitrogens with zero attached hydrogens (tertiary/aromatic N) is 1. The zero-order valence-electron chi connectivity index (χ0n) is 9.48. The zero-order chi connectivity index (χ0) is 14.6. The number of carbonyl (C=O) groups is 1. The third kappa shape index (κ3) is 4.65. The summed E-state index contributed by atoms with van der Waals surface area (Å²) in [5.74, 6) is -2.11. The van der Waals surface area contributed by atoms with Gasteiger partial charge in [-0.3, -0.25) is 4.79 Å². The van der Waals surface area contributed by atoms with Gasteiger partial charge in [0.1, 0.15) is 12.4 Å². The van der Waals surface area contributed by atoms with Crippen LogP contribution in [0.2, 0.25) is 0 Å². The van der Waals surface area contributed by atoms with Gasteiger partial charge in [0.2, 0.25) is 0 Å². The Morgan fingerprint density at radius 1 is 1.37 bits per heavy atom. The lowest BCUT2D eigenvalue weighted by atomic mass is 10.2. The fourth-order valence-electron chi connectivity index (χ4n) is 1.43. The number of carbonyl (C=O) groups excluding carboxylic acids is 1. The van der Waals surface area contributed by atoms with Crippen LogP contribution in [0.4, 0.5) is 17.6 Å². The summed E-state index contributed by atoms with van der Waals surface area (Å²) in [7, 11) is 0.